The third kappa shape index (κ3) is 1.72. The van der Waals surface area contributed by atoms with E-state index >= 15 is 0 Å². The number of esters is 1. The van der Waals surface area contributed by atoms with Crippen molar-refractivity contribution in [3.05, 3.63) is 0 Å². The molecule has 2 fully saturated rings. The maximum Gasteiger partial charge on any atom is 0.311 e. The molecule has 0 radical (unpaired) electrons. The van der Waals surface area contributed by atoms with Gasteiger partial charge in [-0.3, -0.25) is 9.59 Å². The zero-order valence-corrected chi connectivity index (χ0v) is 11.4. The minimum atomic E-state index is -0.901. The van der Waals surface area contributed by atoms with Gasteiger partial charge in [0.05, 0.1) is 12.5 Å². The lowest BCUT2D eigenvalue weighted by Crippen LogP contribution is -2.64. The molecular formula is C13H21NO4. The van der Waals surface area contributed by atoms with Crippen molar-refractivity contribution in [2.45, 2.75) is 46.3 Å². The van der Waals surface area contributed by atoms with Crippen LogP contribution < -0.4 is 5.32 Å². The molecule has 1 aliphatic heterocycles. The number of carbonyl (C=O) groups excluding carboxylic acids is 2. The predicted octanol–water partition coefficient (Wildman–Crippen LogP) is 0.810. The van der Waals surface area contributed by atoms with Crippen molar-refractivity contribution in [2.24, 2.45) is 16.2 Å². The summed E-state index contributed by atoms with van der Waals surface area (Å²) in [5.74, 6) is -0.483. The standard InChI is InChI=1S/C13H21NO4/c1-11-5-12(2,9(16)14-8(11)15)7-13(3,6-11)10(17)18-4/h8,15H,5-7H2,1-4H3,(H,14,16). The molecule has 1 saturated carbocycles. The molecule has 2 bridgehead atoms. The van der Waals surface area contributed by atoms with Gasteiger partial charge in [-0.25, -0.2) is 0 Å². The topological polar surface area (TPSA) is 75.6 Å². The number of methoxy groups -OCH3 is 1. The van der Waals surface area contributed by atoms with Crippen LogP contribution in [0.3, 0.4) is 0 Å². The molecule has 18 heavy (non-hydrogen) atoms. The van der Waals surface area contributed by atoms with E-state index in [1.807, 2.05) is 20.8 Å². The molecule has 1 heterocycles. The van der Waals surface area contributed by atoms with Crippen molar-refractivity contribution >= 4 is 11.9 Å². The quantitative estimate of drug-likeness (QED) is 0.680. The van der Waals surface area contributed by atoms with Crippen LogP contribution >= 0.6 is 0 Å². The highest BCUT2D eigenvalue weighted by molar-refractivity contribution is 5.86. The van der Waals surface area contributed by atoms with Crippen LogP contribution in [-0.4, -0.2) is 30.3 Å². The number of rotatable bonds is 1. The summed E-state index contributed by atoms with van der Waals surface area (Å²) in [6.45, 7) is 5.59. The number of hydrogen-bond donors (Lipinski definition) is 2. The van der Waals surface area contributed by atoms with Gasteiger partial charge < -0.3 is 15.2 Å². The van der Waals surface area contributed by atoms with E-state index in [0.717, 1.165) is 0 Å². The van der Waals surface area contributed by atoms with Gasteiger partial charge in [-0.15, -0.1) is 0 Å². The van der Waals surface area contributed by atoms with E-state index < -0.39 is 22.5 Å². The number of hydrogen-bond acceptors (Lipinski definition) is 4. The second kappa shape index (κ2) is 3.70. The largest absolute Gasteiger partial charge is 0.469 e. The van der Waals surface area contributed by atoms with Gasteiger partial charge in [0.2, 0.25) is 5.91 Å². The SMILES string of the molecule is COC(=O)C1(C)CC2(C)CC(C)(C1)C(O)NC2=O. The number of piperidine rings is 1. The molecule has 102 valence electrons. The number of ether oxygens (including phenoxy) is 1. The summed E-state index contributed by atoms with van der Waals surface area (Å²) in [6, 6.07) is 0. The number of aliphatic hydroxyl groups is 1. The van der Waals surface area contributed by atoms with Gasteiger partial charge in [0.25, 0.3) is 0 Å². The lowest BCUT2D eigenvalue weighted by molar-refractivity contribution is -0.182. The molecule has 4 unspecified atom stereocenters. The lowest BCUT2D eigenvalue weighted by atomic mass is 9.52. The van der Waals surface area contributed by atoms with Crippen LogP contribution in [-0.2, 0) is 14.3 Å². The van der Waals surface area contributed by atoms with E-state index in [9.17, 15) is 14.7 Å². The fourth-order valence-corrected chi connectivity index (χ4v) is 4.05. The molecule has 5 nitrogen and oxygen atoms in total. The fourth-order valence-electron chi connectivity index (χ4n) is 4.05. The molecule has 1 aliphatic carbocycles. The molecule has 0 aromatic rings. The van der Waals surface area contributed by atoms with Crippen molar-refractivity contribution in [1.29, 1.82) is 0 Å². The van der Waals surface area contributed by atoms with Gasteiger partial charge in [-0.2, -0.15) is 0 Å². The molecule has 2 rings (SSSR count). The van der Waals surface area contributed by atoms with Crippen LogP contribution in [0.25, 0.3) is 0 Å². The third-order valence-corrected chi connectivity index (χ3v) is 4.52. The summed E-state index contributed by atoms with van der Waals surface area (Å²) in [5, 5.41) is 12.7. The van der Waals surface area contributed by atoms with E-state index in [4.69, 9.17) is 4.74 Å². The summed E-state index contributed by atoms with van der Waals surface area (Å²) < 4.78 is 4.87. The first-order chi connectivity index (χ1) is 8.15. The minimum absolute atomic E-state index is 0.178. The number of nitrogens with one attached hydrogen (secondary N) is 1. The zero-order chi connectivity index (χ0) is 13.8. The van der Waals surface area contributed by atoms with Crippen molar-refractivity contribution < 1.29 is 19.4 Å². The van der Waals surface area contributed by atoms with Crippen molar-refractivity contribution in [3.8, 4) is 0 Å². The molecule has 5 heteroatoms. The van der Waals surface area contributed by atoms with Gasteiger partial charge in [0.1, 0.15) is 6.23 Å². The summed E-state index contributed by atoms with van der Waals surface area (Å²) in [5.41, 5.74) is -1.81. The second-order valence-corrected chi connectivity index (χ2v) is 6.67. The molecular weight excluding hydrogens is 234 g/mol. The van der Waals surface area contributed by atoms with Crippen LogP contribution in [0.15, 0.2) is 0 Å². The Bertz CT molecular complexity index is 410. The Hall–Kier alpha value is -1.10. The highest BCUT2D eigenvalue weighted by atomic mass is 16.5. The van der Waals surface area contributed by atoms with Crippen molar-refractivity contribution in [3.63, 3.8) is 0 Å². The van der Waals surface area contributed by atoms with Crippen LogP contribution in [0.1, 0.15) is 40.0 Å². The van der Waals surface area contributed by atoms with E-state index in [-0.39, 0.29) is 11.9 Å². The van der Waals surface area contributed by atoms with Gasteiger partial charge in [0, 0.05) is 10.8 Å². The van der Waals surface area contributed by atoms with E-state index in [1.54, 1.807) is 0 Å². The van der Waals surface area contributed by atoms with Crippen LogP contribution in [0.5, 0.6) is 0 Å². The molecule has 2 aliphatic rings. The van der Waals surface area contributed by atoms with Gasteiger partial charge in [-0.1, -0.05) is 13.8 Å². The monoisotopic (exact) mass is 255 g/mol. The van der Waals surface area contributed by atoms with Crippen LogP contribution in [0, 0.1) is 16.2 Å². The van der Waals surface area contributed by atoms with Gasteiger partial charge in [-0.05, 0) is 26.2 Å². The van der Waals surface area contributed by atoms with Crippen LogP contribution in [0.4, 0.5) is 0 Å². The maximum atomic E-state index is 12.1. The second-order valence-electron chi connectivity index (χ2n) is 6.67. The van der Waals surface area contributed by atoms with E-state index in [0.29, 0.717) is 19.3 Å². The third-order valence-electron chi connectivity index (χ3n) is 4.52. The van der Waals surface area contributed by atoms with E-state index in [1.165, 1.54) is 7.11 Å². The number of aliphatic hydroxyl groups excluding tert-OH is 1. The molecule has 4 atom stereocenters. The zero-order valence-electron chi connectivity index (χ0n) is 11.4. The number of amides is 1. The molecule has 0 spiro atoms. The molecule has 0 aromatic carbocycles. The molecule has 1 saturated heterocycles. The lowest BCUT2D eigenvalue weighted by Gasteiger charge is -2.56. The average Bonchev–Trinajstić information content (AvgIpc) is 2.24. The maximum absolute atomic E-state index is 12.1. The number of carbonyl (C=O) groups is 2. The van der Waals surface area contributed by atoms with E-state index in [2.05, 4.69) is 5.32 Å². The Morgan fingerprint density at radius 2 is 1.94 bits per heavy atom. The Balaban J connectivity index is 2.42. The smallest absolute Gasteiger partial charge is 0.311 e. The summed E-state index contributed by atoms with van der Waals surface area (Å²) in [6.07, 6.45) is 0.673. The normalized spacial score (nSPS) is 47.4. The molecule has 0 aromatic heterocycles. The molecule has 1 amide bonds. The Morgan fingerprint density at radius 1 is 1.33 bits per heavy atom. The van der Waals surface area contributed by atoms with Crippen molar-refractivity contribution in [1.82, 2.24) is 5.32 Å². The molecule has 2 N–H and O–H groups in total. The Labute approximate surface area is 107 Å². The average molecular weight is 255 g/mol. The Kier molecular flexibility index (Phi) is 2.74. The highest BCUT2D eigenvalue weighted by Crippen LogP contribution is 2.57. The highest BCUT2D eigenvalue weighted by Gasteiger charge is 2.60. The van der Waals surface area contributed by atoms with Crippen LogP contribution in [0.2, 0.25) is 0 Å². The van der Waals surface area contributed by atoms with Gasteiger partial charge in [0.15, 0.2) is 0 Å². The van der Waals surface area contributed by atoms with Crippen molar-refractivity contribution in [2.75, 3.05) is 7.11 Å². The summed E-state index contributed by atoms with van der Waals surface area (Å²) in [7, 11) is 1.36. The summed E-state index contributed by atoms with van der Waals surface area (Å²) >= 11 is 0. The fraction of sp³-hybridized carbons (Fsp3) is 0.846. The number of fused-ring (bicyclic) bond motifs is 2. The first kappa shape index (κ1) is 13.3. The Morgan fingerprint density at radius 3 is 2.50 bits per heavy atom. The first-order valence-electron chi connectivity index (χ1n) is 6.23. The summed E-state index contributed by atoms with van der Waals surface area (Å²) in [4.78, 5) is 24.0. The van der Waals surface area contributed by atoms with Gasteiger partial charge >= 0.3 is 5.97 Å². The minimum Gasteiger partial charge on any atom is -0.469 e. The first-order valence-corrected chi connectivity index (χ1v) is 6.23. The predicted molar refractivity (Wildman–Crippen MR) is 64.3 cm³/mol.